The summed E-state index contributed by atoms with van der Waals surface area (Å²) in [5, 5.41) is 12.4. The molecule has 0 spiro atoms. The van der Waals surface area contributed by atoms with Crippen LogP contribution in [-0.4, -0.2) is 16.9 Å². The molecule has 5 nitrogen and oxygen atoms in total. The lowest BCUT2D eigenvalue weighted by atomic mass is 9.79. The van der Waals surface area contributed by atoms with Crippen LogP contribution in [0.4, 0.5) is 4.79 Å². The molecule has 0 atom stereocenters. The van der Waals surface area contributed by atoms with E-state index >= 15 is 0 Å². The van der Waals surface area contributed by atoms with Crippen molar-refractivity contribution in [1.29, 1.82) is 0 Å². The molecule has 1 aliphatic rings. The van der Waals surface area contributed by atoms with Gasteiger partial charge in [-0.1, -0.05) is 19.3 Å². The maximum absolute atomic E-state index is 10.0. The number of rotatable bonds is 4. The van der Waals surface area contributed by atoms with Crippen LogP contribution in [0.2, 0.25) is 0 Å². The van der Waals surface area contributed by atoms with Crippen molar-refractivity contribution >= 4 is 6.16 Å². The van der Waals surface area contributed by atoms with Crippen molar-refractivity contribution < 1.29 is 24.7 Å². The van der Waals surface area contributed by atoms with Crippen LogP contribution in [-0.2, 0) is 14.8 Å². The first-order valence-corrected chi connectivity index (χ1v) is 5.27. The molecule has 1 aliphatic carbocycles. The van der Waals surface area contributed by atoms with E-state index in [4.69, 9.17) is 9.99 Å². The summed E-state index contributed by atoms with van der Waals surface area (Å²) in [6.45, 7) is 3.77. The molecular weight excluding hydrogens is 200 g/mol. The normalized spacial score (nSPS) is 18.8. The molecule has 0 bridgehead atoms. The second kappa shape index (κ2) is 5.32. The molecule has 0 radical (unpaired) electrons. The average Bonchev–Trinajstić information content (AvgIpc) is 2.18. The zero-order valence-corrected chi connectivity index (χ0v) is 9.19. The van der Waals surface area contributed by atoms with Crippen LogP contribution in [0, 0.1) is 5.92 Å². The summed E-state index contributed by atoms with van der Waals surface area (Å²) >= 11 is 0. The third kappa shape index (κ3) is 4.05. The molecule has 0 saturated heterocycles. The Morgan fingerprint density at radius 2 is 1.87 bits per heavy atom. The van der Waals surface area contributed by atoms with Crippen LogP contribution in [0.1, 0.15) is 46.0 Å². The zero-order chi connectivity index (χ0) is 11.3. The van der Waals surface area contributed by atoms with Crippen LogP contribution in [0.25, 0.3) is 0 Å². The molecule has 1 saturated carbocycles. The molecule has 0 aliphatic heterocycles. The van der Waals surface area contributed by atoms with Crippen molar-refractivity contribution in [2.45, 2.75) is 51.6 Å². The van der Waals surface area contributed by atoms with Gasteiger partial charge in [0.15, 0.2) is 0 Å². The van der Waals surface area contributed by atoms with Gasteiger partial charge in [0.1, 0.15) is 5.60 Å². The highest BCUT2D eigenvalue weighted by Gasteiger charge is 2.33. The van der Waals surface area contributed by atoms with Crippen molar-refractivity contribution in [3.05, 3.63) is 0 Å². The van der Waals surface area contributed by atoms with E-state index in [0.717, 1.165) is 12.8 Å². The van der Waals surface area contributed by atoms with E-state index < -0.39 is 11.8 Å². The lowest BCUT2D eigenvalue weighted by Gasteiger charge is -2.34. The monoisotopic (exact) mass is 218 g/mol. The van der Waals surface area contributed by atoms with Gasteiger partial charge in [-0.25, -0.2) is 9.68 Å². The van der Waals surface area contributed by atoms with Gasteiger partial charge in [-0.3, -0.25) is 0 Å². The second-order valence-electron chi connectivity index (χ2n) is 4.44. The van der Waals surface area contributed by atoms with Gasteiger partial charge in [-0.15, -0.1) is 0 Å². The first-order chi connectivity index (χ1) is 7.02. The predicted molar refractivity (Wildman–Crippen MR) is 51.9 cm³/mol. The lowest BCUT2D eigenvalue weighted by molar-refractivity contribution is -0.521. The Morgan fingerprint density at radius 3 is 2.40 bits per heavy atom. The maximum atomic E-state index is 10.0. The Hall–Kier alpha value is -0.810. The minimum Gasteiger partial charge on any atom is -0.448 e. The first kappa shape index (κ1) is 12.3. The van der Waals surface area contributed by atoms with Crippen molar-refractivity contribution in [1.82, 2.24) is 0 Å². The molecule has 1 rings (SSSR count). The van der Waals surface area contributed by atoms with Gasteiger partial charge in [-0.2, -0.15) is 4.89 Å². The minimum atomic E-state index is -1.51. The highest BCUT2D eigenvalue weighted by molar-refractivity contribution is 5.55. The fourth-order valence-electron chi connectivity index (χ4n) is 2.00. The second-order valence-corrected chi connectivity index (χ2v) is 4.44. The summed E-state index contributed by atoms with van der Waals surface area (Å²) in [6.07, 6.45) is 4.31. The smallest absolute Gasteiger partial charge is 0.448 e. The molecule has 5 heteroatoms. The molecule has 0 aromatic rings. The molecule has 15 heavy (non-hydrogen) atoms. The number of hydrogen-bond donors (Lipinski definition) is 1. The van der Waals surface area contributed by atoms with Crippen molar-refractivity contribution in [3.63, 3.8) is 0 Å². The standard InChI is InChI=1S/C10H18O5/c1-10(2,14-15-13-9(11)12)8-6-4-3-5-7-8/h8H,3-7H2,1-2H3,(H,11,12). The molecule has 0 aromatic carbocycles. The predicted octanol–water partition coefficient (Wildman–Crippen LogP) is 2.90. The first-order valence-electron chi connectivity index (χ1n) is 5.27. The van der Waals surface area contributed by atoms with E-state index in [1.165, 1.54) is 19.3 Å². The summed E-state index contributed by atoms with van der Waals surface area (Å²) in [6, 6.07) is 0. The van der Waals surface area contributed by atoms with E-state index in [0.29, 0.717) is 5.92 Å². The van der Waals surface area contributed by atoms with E-state index in [-0.39, 0.29) is 0 Å². The van der Waals surface area contributed by atoms with Gasteiger partial charge >= 0.3 is 6.16 Å². The van der Waals surface area contributed by atoms with E-state index in [1.807, 2.05) is 13.8 Å². The summed E-state index contributed by atoms with van der Waals surface area (Å²) in [5.74, 6) is 0.392. The molecule has 0 aromatic heterocycles. The van der Waals surface area contributed by atoms with Gasteiger partial charge in [0.05, 0.1) is 0 Å². The lowest BCUT2D eigenvalue weighted by Crippen LogP contribution is -2.36. The van der Waals surface area contributed by atoms with Crippen LogP contribution >= 0.6 is 0 Å². The highest BCUT2D eigenvalue weighted by Crippen LogP contribution is 2.34. The number of carboxylic acid groups (broad SMARTS) is 1. The van der Waals surface area contributed by atoms with E-state index in [2.05, 4.69) is 9.93 Å². The fraction of sp³-hybridized carbons (Fsp3) is 0.900. The molecule has 0 unspecified atom stereocenters. The largest absolute Gasteiger partial charge is 0.540 e. The minimum absolute atomic E-state index is 0.392. The molecule has 1 fully saturated rings. The van der Waals surface area contributed by atoms with Crippen LogP contribution in [0.3, 0.4) is 0 Å². The van der Waals surface area contributed by atoms with E-state index in [1.54, 1.807) is 0 Å². The summed E-state index contributed by atoms with van der Waals surface area (Å²) < 4.78 is 0. The van der Waals surface area contributed by atoms with Crippen molar-refractivity contribution in [3.8, 4) is 0 Å². The Labute approximate surface area is 89.2 Å². The third-order valence-electron chi connectivity index (χ3n) is 2.94. The van der Waals surface area contributed by atoms with Crippen molar-refractivity contribution in [2.24, 2.45) is 5.92 Å². The Morgan fingerprint density at radius 1 is 1.27 bits per heavy atom. The fourth-order valence-corrected chi connectivity index (χ4v) is 2.00. The quantitative estimate of drug-likeness (QED) is 0.580. The molecular formula is C10H18O5. The average molecular weight is 218 g/mol. The third-order valence-corrected chi connectivity index (χ3v) is 2.94. The van der Waals surface area contributed by atoms with Gasteiger partial charge in [0, 0.05) is 0 Å². The van der Waals surface area contributed by atoms with Gasteiger partial charge < -0.3 is 5.11 Å². The Kier molecular flexibility index (Phi) is 4.35. The molecule has 0 amide bonds. The summed E-state index contributed by atoms with van der Waals surface area (Å²) in [4.78, 5) is 18.9. The summed E-state index contributed by atoms with van der Waals surface area (Å²) in [5.41, 5.74) is -0.504. The van der Waals surface area contributed by atoms with Gasteiger partial charge in [0.25, 0.3) is 0 Å². The SMILES string of the molecule is CC(C)(OOOC(=O)O)C1CCCCC1. The van der Waals surface area contributed by atoms with Gasteiger partial charge in [0.2, 0.25) is 0 Å². The molecule has 1 N–H and O–H groups in total. The van der Waals surface area contributed by atoms with Crippen LogP contribution in [0.5, 0.6) is 0 Å². The molecule has 0 heterocycles. The maximum Gasteiger partial charge on any atom is 0.540 e. The van der Waals surface area contributed by atoms with Crippen molar-refractivity contribution in [2.75, 3.05) is 0 Å². The highest BCUT2D eigenvalue weighted by atomic mass is 17.5. The van der Waals surface area contributed by atoms with Gasteiger partial charge in [-0.05, 0) is 37.6 Å². The van der Waals surface area contributed by atoms with E-state index in [9.17, 15) is 4.79 Å². The zero-order valence-electron chi connectivity index (χ0n) is 9.19. The Balaban J connectivity index is 2.32. The number of hydrogen-bond acceptors (Lipinski definition) is 4. The number of carbonyl (C=O) groups is 1. The van der Waals surface area contributed by atoms with Crippen LogP contribution in [0.15, 0.2) is 0 Å². The Bertz CT molecular complexity index is 208. The topological polar surface area (TPSA) is 65.0 Å². The molecule has 88 valence electrons. The van der Waals surface area contributed by atoms with Crippen LogP contribution < -0.4 is 0 Å². The summed E-state index contributed by atoms with van der Waals surface area (Å²) in [7, 11) is 0.